The first kappa shape index (κ1) is 21.4. The minimum absolute atomic E-state index is 0.187. The zero-order valence-electron chi connectivity index (χ0n) is 17.8. The van der Waals surface area contributed by atoms with Crippen LogP contribution >= 0.6 is 0 Å². The summed E-state index contributed by atoms with van der Waals surface area (Å²) in [5.74, 6) is 1.52. The molecule has 0 atom stereocenters. The number of aromatic nitrogens is 2. The molecule has 1 heterocycles. The number of hydrogen-bond donors (Lipinski definition) is 2. The predicted molar refractivity (Wildman–Crippen MR) is 125 cm³/mol. The van der Waals surface area contributed by atoms with Crippen molar-refractivity contribution in [1.82, 2.24) is 9.97 Å². The van der Waals surface area contributed by atoms with Crippen LogP contribution < -0.4 is 19.5 Å². The van der Waals surface area contributed by atoms with Crippen molar-refractivity contribution < 1.29 is 17.9 Å². The maximum Gasteiger partial charge on any atom is 0.261 e. The normalized spacial score (nSPS) is 11.2. The van der Waals surface area contributed by atoms with E-state index in [0.717, 1.165) is 10.9 Å². The van der Waals surface area contributed by atoms with Crippen LogP contribution in [0.15, 0.2) is 71.6 Å². The molecule has 8 nitrogen and oxygen atoms in total. The minimum atomic E-state index is -3.72. The van der Waals surface area contributed by atoms with Gasteiger partial charge >= 0.3 is 0 Å². The maximum absolute atomic E-state index is 12.7. The number of rotatable bonds is 7. The lowest BCUT2D eigenvalue weighted by atomic mass is 10.1. The quantitative estimate of drug-likeness (QED) is 0.436. The number of hydrogen-bond acceptors (Lipinski definition) is 7. The summed E-state index contributed by atoms with van der Waals surface area (Å²) < 4.78 is 38.9. The molecule has 4 rings (SSSR count). The third-order valence-electron chi connectivity index (χ3n) is 4.87. The molecular weight excluding hydrogens is 428 g/mol. The lowest BCUT2D eigenvalue weighted by Crippen LogP contribution is -2.12. The van der Waals surface area contributed by atoms with Gasteiger partial charge < -0.3 is 14.8 Å². The van der Waals surface area contributed by atoms with E-state index in [1.165, 1.54) is 0 Å². The molecule has 3 aromatic carbocycles. The second-order valence-corrected chi connectivity index (χ2v) is 8.55. The predicted octanol–water partition coefficient (Wildman–Crippen LogP) is 4.16. The number of benzene rings is 3. The van der Waals surface area contributed by atoms with Gasteiger partial charge in [-0.2, -0.15) is 0 Å². The lowest BCUT2D eigenvalue weighted by Gasteiger charge is -2.14. The Hall–Kier alpha value is -3.85. The summed E-state index contributed by atoms with van der Waals surface area (Å²) in [5.41, 5.74) is 2.42. The summed E-state index contributed by atoms with van der Waals surface area (Å²) >= 11 is 0. The fourth-order valence-corrected chi connectivity index (χ4v) is 4.40. The van der Waals surface area contributed by atoms with Gasteiger partial charge in [-0.05, 0) is 30.3 Å². The van der Waals surface area contributed by atoms with Crippen LogP contribution in [0.5, 0.6) is 11.5 Å². The molecule has 0 radical (unpaired) electrons. The summed E-state index contributed by atoms with van der Waals surface area (Å²) in [6.45, 7) is 0. The highest BCUT2D eigenvalue weighted by Gasteiger charge is 2.17. The Morgan fingerprint density at radius 1 is 0.844 bits per heavy atom. The van der Waals surface area contributed by atoms with E-state index in [1.54, 1.807) is 75.9 Å². The summed E-state index contributed by atoms with van der Waals surface area (Å²) in [7, 11) is 1.14. The first-order valence-electron chi connectivity index (χ1n) is 9.75. The molecular formula is C23H22N4O4S. The van der Waals surface area contributed by atoms with E-state index in [1.807, 2.05) is 12.1 Å². The molecule has 0 aliphatic heterocycles. The van der Waals surface area contributed by atoms with Crippen LogP contribution in [0.4, 0.5) is 11.6 Å². The number of nitrogens with one attached hydrogen (secondary N) is 2. The topological polar surface area (TPSA) is 102 Å². The Bertz CT molecular complexity index is 1380. The van der Waals surface area contributed by atoms with Crippen molar-refractivity contribution in [3.8, 4) is 22.8 Å². The van der Waals surface area contributed by atoms with E-state index in [2.05, 4.69) is 20.0 Å². The van der Waals surface area contributed by atoms with E-state index in [4.69, 9.17) is 9.47 Å². The van der Waals surface area contributed by atoms with Gasteiger partial charge in [0.25, 0.3) is 10.0 Å². The number of methoxy groups -OCH3 is 2. The summed E-state index contributed by atoms with van der Waals surface area (Å²) in [4.78, 5) is 9.32. The summed E-state index contributed by atoms with van der Waals surface area (Å²) in [5, 5.41) is 3.70. The molecule has 0 unspecified atom stereocenters. The van der Waals surface area contributed by atoms with Crippen LogP contribution in [0.25, 0.3) is 22.2 Å². The first-order chi connectivity index (χ1) is 15.4. The molecule has 32 heavy (non-hydrogen) atoms. The Morgan fingerprint density at radius 3 is 2.25 bits per heavy atom. The van der Waals surface area contributed by atoms with Crippen molar-refractivity contribution in [2.24, 2.45) is 0 Å². The molecule has 1 aromatic heterocycles. The van der Waals surface area contributed by atoms with Gasteiger partial charge in [0, 0.05) is 29.8 Å². The van der Waals surface area contributed by atoms with Crippen molar-refractivity contribution in [2.75, 3.05) is 31.3 Å². The number of anilines is 2. The van der Waals surface area contributed by atoms with Gasteiger partial charge in [0.2, 0.25) is 5.95 Å². The van der Waals surface area contributed by atoms with Gasteiger partial charge in [-0.3, -0.25) is 4.72 Å². The van der Waals surface area contributed by atoms with Gasteiger partial charge in [0.1, 0.15) is 0 Å². The van der Waals surface area contributed by atoms with Crippen molar-refractivity contribution in [3.05, 3.63) is 66.7 Å². The Balaban J connectivity index is 1.82. The van der Waals surface area contributed by atoms with E-state index in [-0.39, 0.29) is 4.90 Å². The average Bonchev–Trinajstić information content (AvgIpc) is 2.82. The minimum Gasteiger partial charge on any atom is -0.493 e. The second kappa shape index (κ2) is 8.72. The first-order valence-corrected chi connectivity index (χ1v) is 11.2. The molecule has 0 spiro atoms. The van der Waals surface area contributed by atoms with Crippen LogP contribution in [-0.4, -0.2) is 39.7 Å². The van der Waals surface area contributed by atoms with Crippen LogP contribution in [-0.2, 0) is 10.0 Å². The van der Waals surface area contributed by atoms with E-state index in [9.17, 15) is 8.42 Å². The van der Waals surface area contributed by atoms with Crippen molar-refractivity contribution >= 4 is 32.6 Å². The standard InChI is InChI=1S/C23H22N4O4S/c1-24-23-25-19-14-21(31-3)20(30-2)13-18(19)22(26-23)15-8-7-9-16(12-15)27-32(28,29)17-10-5-4-6-11-17/h4-14,27H,1-3H3,(H,24,25,26). The SMILES string of the molecule is CNc1nc(-c2cccc(NS(=O)(=O)c3ccccc3)c2)c2cc(OC)c(OC)cc2n1. The molecule has 4 aromatic rings. The van der Waals surface area contributed by atoms with Crippen molar-refractivity contribution in [2.45, 2.75) is 4.90 Å². The Labute approximate surface area is 186 Å². The van der Waals surface area contributed by atoms with Gasteiger partial charge in [-0.1, -0.05) is 30.3 Å². The Kier molecular flexibility index (Phi) is 5.83. The molecule has 2 N–H and O–H groups in total. The summed E-state index contributed by atoms with van der Waals surface area (Å²) in [6.07, 6.45) is 0. The number of nitrogens with zero attached hydrogens (tertiary/aromatic N) is 2. The molecule has 0 amide bonds. The molecule has 9 heteroatoms. The van der Waals surface area contributed by atoms with Crippen LogP contribution in [0, 0.1) is 0 Å². The highest BCUT2D eigenvalue weighted by Crippen LogP contribution is 2.36. The number of sulfonamides is 1. The van der Waals surface area contributed by atoms with Crippen molar-refractivity contribution in [1.29, 1.82) is 0 Å². The van der Waals surface area contributed by atoms with E-state index < -0.39 is 10.0 Å². The fourth-order valence-electron chi connectivity index (χ4n) is 3.33. The van der Waals surface area contributed by atoms with Gasteiger partial charge in [-0.15, -0.1) is 0 Å². The molecule has 164 valence electrons. The van der Waals surface area contributed by atoms with Gasteiger partial charge in [0.15, 0.2) is 11.5 Å². The Morgan fingerprint density at radius 2 is 1.56 bits per heavy atom. The molecule has 0 fully saturated rings. The second-order valence-electron chi connectivity index (χ2n) is 6.87. The van der Waals surface area contributed by atoms with Crippen LogP contribution in [0.1, 0.15) is 0 Å². The third kappa shape index (κ3) is 4.15. The number of ether oxygens (including phenoxy) is 2. The molecule has 0 bridgehead atoms. The average molecular weight is 451 g/mol. The molecule has 0 saturated heterocycles. The molecule has 0 saturated carbocycles. The van der Waals surface area contributed by atoms with E-state index >= 15 is 0 Å². The zero-order chi connectivity index (χ0) is 22.7. The third-order valence-corrected chi connectivity index (χ3v) is 6.26. The summed E-state index contributed by atoms with van der Waals surface area (Å²) in [6, 6.07) is 18.9. The van der Waals surface area contributed by atoms with Gasteiger partial charge in [-0.25, -0.2) is 18.4 Å². The van der Waals surface area contributed by atoms with Crippen molar-refractivity contribution in [3.63, 3.8) is 0 Å². The molecule has 0 aliphatic rings. The maximum atomic E-state index is 12.7. The monoisotopic (exact) mass is 450 g/mol. The molecule has 0 aliphatic carbocycles. The van der Waals surface area contributed by atoms with E-state index in [0.29, 0.717) is 34.3 Å². The lowest BCUT2D eigenvalue weighted by molar-refractivity contribution is 0.356. The largest absolute Gasteiger partial charge is 0.493 e. The highest BCUT2D eigenvalue weighted by atomic mass is 32.2. The van der Waals surface area contributed by atoms with Crippen LogP contribution in [0.3, 0.4) is 0 Å². The highest BCUT2D eigenvalue weighted by molar-refractivity contribution is 7.92. The van der Waals surface area contributed by atoms with Crippen LogP contribution in [0.2, 0.25) is 0 Å². The smallest absolute Gasteiger partial charge is 0.261 e. The van der Waals surface area contributed by atoms with Gasteiger partial charge in [0.05, 0.1) is 30.3 Å². The fraction of sp³-hybridized carbons (Fsp3) is 0.130. The number of fused-ring (bicyclic) bond motifs is 1. The zero-order valence-corrected chi connectivity index (χ0v) is 18.6.